The van der Waals surface area contributed by atoms with E-state index in [0.717, 1.165) is 17.1 Å². The van der Waals surface area contributed by atoms with E-state index in [1.54, 1.807) is 0 Å². The van der Waals surface area contributed by atoms with Crippen molar-refractivity contribution < 1.29 is 0 Å². The Kier molecular flexibility index (Phi) is 9.59. The normalized spacial score (nSPS) is 13.6. The SMILES string of the molecule is Cc1ccc(C2(c3ccc(C)cc3)c3ccccc3-c3ccc(N(c4ccc(-c5ccccc5)cc4)c4ccc5c(c4)C(c4ccc(C)cc4)(c4ccc(C)cc4)c4ccccc4-5)cc32)cc1. The molecule has 0 saturated heterocycles. The summed E-state index contributed by atoms with van der Waals surface area (Å²) in [5.74, 6) is 0. The zero-order valence-corrected chi connectivity index (χ0v) is 38.5. The van der Waals surface area contributed by atoms with Crippen LogP contribution in [0, 0.1) is 27.7 Å². The fourth-order valence-electron chi connectivity index (χ4n) is 11.5. The molecule has 0 atom stereocenters. The van der Waals surface area contributed by atoms with Crippen molar-refractivity contribution in [2.45, 2.75) is 38.5 Å². The number of hydrogen-bond acceptors (Lipinski definition) is 1. The van der Waals surface area contributed by atoms with Crippen molar-refractivity contribution in [3.05, 3.63) is 303 Å². The molecule has 0 aliphatic heterocycles. The van der Waals surface area contributed by atoms with Gasteiger partial charge in [0.05, 0.1) is 10.8 Å². The Morgan fingerprint density at radius 1 is 0.254 bits per heavy atom. The van der Waals surface area contributed by atoms with Crippen LogP contribution in [-0.2, 0) is 10.8 Å². The minimum atomic E-state index is -0.544. The third-order valence-electron chi connectivity index (χ3n) is 14.7. The van der Waals surface area contributed by atoms with E-state index in [2.05, 4.69) is 269 Å². The maximum Gasteiger partial charge on any atom is 0.0714 e. The fourth-order valence-corrected chi connectivity index (χ4v) is 11.5. The number of nitrogens with zero attached hydrogens (tertiary/aromatic N) is 1. The van der Waals surface area contributed by atoms with E-state index in [9.17, 15) is 0 Å². The van der Waals surface area contributed by atoms with Crippen molar-refractivity contribution in [2.75, 3.05) is 4.90 Å². The molecule has 0 bridgehead atoms. The third kappa shape index (κ3) is 6.29. The van der Waals surface area contributed by atoms with Crippen LogP contribution in [0.25, 0.3) is 33.4 Å². The molecule has 0 aromatic heterocycles. The molecule has 1 heteroatoms. The highest BCUT2D eigenvalue weighted by molar-refractivity contribution is 5.92. The molecule has 0 heterocycles. The second-order valence-corrected chi connectivity index (χ2v) is 18.8. The molecule has 67 heavy (non-hydrogen) atoms. The van der Waals surface area contributed by atoms with Crippen molar-refractivity contribution in [3.63, 3.8) is 0 Å². The first-order valence-electron chi connectivity index (χ1n) is 23.6. The van der Waals surface area contributed by atoms with Crippen molar-refractivity contribution in [2.24, 2.45) is 0 Å². The number of rotatable bonds is 8. The Morgan fingerprint density at radius 2 is 0.567 bits per heavy atom. The molecule has 10 aromatic carbocycles. The van der Waals surface area contributed by atoms with Crippen molar-refractivity contribution >= 4 is 17.1 Å². The van der Waals surface area contributed by atoms with E-state index in [4.69, 9.17) is 0 Å². The van der Waals surface area contributed by atoms with Crippen LogP contribution in [0.4, 0.5) is 17.1 Å². The summed E-state index contributed by atoms with van der Waals surface area (Å²) < 4.78 is 0. The van der Waals surface area contributed by atoms with Crippen molar-refractivity contribution in [3.8, 4) is 33.4 Å². The summed E-state index contributed by atoms with van der Waals surface area (Å²) >= 11 is 0. The minimum absolute atomic E-state index is 0.544. The lowest BCUT2D eigenvalue weighted by Gasteiger charge is -2.36. The largest absolute Gasteiger partial charge is 0.310 e. The number of fused-ring (bicyclic) bond motifs is 6. The van der Waals surface area contributed by atoms with E-state index in [-0.39, 0.29) is 0 Å². The minimum Gasteiger partial charge on any atom is -0.310 e. The smallest absolute Gasteiger partial charge is 0.0714 e. The Morgan fingerprint density at radius 3 is 0.955 bits per heavy atom. The monoisotopic (exact) mass is 857 g/mol. The highest BCUT2D eigenvalue weighted by atomic mass is 15.1. The molecule has 0 unspecified atom stereocenters. The van der Waals surface area contributed by atoms with Gasteiger partial charge in [-0.1, -0.05) is 222 Å². The predicted octanol–water partition coefficient (Wildman–Crippen LogP) is 16.8. The zero-order valence-electron chi connectivity index (χ0n) is 38.5. The van der Waals surface area contributed by atoms with Crippen LogP contribution < -0.4 is 4.90 Å². The maximum atomic E-state index is 2.50. The molecule has 0 fully saturated rings. The van der Waals surface area contributed by atoms with Gasteiger partial charge in [-0.2, -0.15) is 0 Å². The third-order valence-corrected chi connectivity index (χ3v) is 14.7. The first-order valence-corrected chi connectivity index (χ1v) is 23.6. The Bertz CT molecular complexity index is 3170. The summed E-state index contributed by atoms with van der Waals surface area (Å²) in [6.07, 6.45) is 0. The van der Waals surface area contributed by atoms with Gasteiger partial charge in [0.1, 0.15) is 0 Å². The lowest BCUT2D eigenvalue weighted by Crippen LogP contribution is -2.29. The van der Waals surface area contributed by atoms with Gasteiger partial charge in [0, 0.05) is 17.1 Å². The molecule has 12 rings (SSSR count). The first kappa shape index (κ1) is 40.5. The summed E-state index contributed by atoms with van der Waals surface area (Å²) in [5, 5.41) is 0. The molecule has 0 saturated carbocycles. The molecule has 1 nitrogen and oxygen atoms in total. The standard InChI is InChI=1S/C66H51N/c1-44-18-28-50(29-19-44)65(51-30-20-45(2)21-31-51)61-16-10-8-14-57(61)59-40-38-55(42-63(59)65)67(54-36-26-49(27-37-54)48-12-6-5-7-13-48)56-39-41-60-58-15-9-11-17-62(58)66(64(60)43-56,52-32-22-46(3)23-33-52)53-34-24-47(4)25-35-53/h5-43H,1-4H3. The molecule has 2 aliphatic rings. The van der Waals surface area contributed by atoms with Crippen molar-refractivity contribution in [1.29, 1.82) is 0 Å². The quantitative estimate of drug-likeness (QED) is 0.147. The summed E-state index contributed by atoms with van der Waals surface area (Å²) in [5.41, 5.74) is 24.9. The van der Waals surface area contributed by atoms with Gasteiger partial charge in [0.25, 0.3) is 0 Å². The zero-order chi connectivity index (χ0) is 45.3. The molecule has 320 valence electrons. The second kappa shape index (κ2) is 15.9. The highest BCUT2D eigenvalue weighted by Gasteiger charge is 2.48. The molecule has 10 aromatic rings. The molecular formula is C66H51N. The predicted molar refractivity (Wildman–Crippen MR) is 280 cm³/mol. The molecule has 2 aliphatic carbocycles. The molecule has 0 radical (unpaired) electrons. The maximum absolute atomic E-state index is 2.50. The first-order chi connectivity index (χ1) is 32.8. The lowest BCUT2D eigenvalue weighted by molar-refractivity contribution is 0.766. The fraction of sp³-hybridized carbons (Fsp3) is 0.0909. The van der Waals surface area contributed by atoms with E-state index in [1.165, 1.54) is 100 Å². The van der Waals surface area contributed by atoms with Gasteiger partial charge in [-0.05, 0) is 142 Å². The van der Waals surface area contributed by atoms with Crippen LogP contribution in [0.15, 0.2) is 237 Å². The van der Waals surface area contributed by atoms with Gasteiger partial charge < -0.3 is 4.90 Å². The van der Waals surface area contributed by atoms with Crippen LogP contribution in [0.5, 0.6) is 0 Å². The van der Waals surface area contributed by atoms with Crippen LogP contribution in [-0.4, -0.2) is 0 Å². The Hall–Kier alpha value is -8.00. The van der Waals surface area contributed by atoms with Crippen molar-refractivity contribution in [1.82, 2.24) is 0 Å². The summed E-state index contributed by atoms with van der Waals surface area (Å²) in [4.78, 5) is 2.49. The van der Waals surface area contributed by atoms with Gasteiger partial charge in [-0.15, -0.1) is 0 Å². The van der Waals surface area contributed by atoms with E-state index < -0.39 is 10.8 Å². The van der Waals surface area contributed by atoms with Crippen LogP contribution in [0.1, 0.15) is 66.8 Å². The molecular weight excluding hydrogens is 807 g/mol. The number of hydrogen-bond donors (Lipinski definition) is 0. The number of anilines is 3. The van der Waals surface area contributed by atoms with E-state index >= 15 is 0 Å². The summed E-state index contributed by atoms with van der Waals surface area (Å²) in [7, 11) is 0. The lowest BCUT2D eigenvalue weighted by atomic mass is 9.67. The van der Waals surface area contributed by atoms with Gasteiger partial charge in [0.15, 0.2) is 0 Å². The topological polar surface area (TPSA) is 3.24 Å². The van der Waals surface area contributed by atoms with E-state index in [1.807, 2.05) is 0 Å². The average Bonchev–Trinajstić information content (AvgIpc) is 3.83. The Labute approximate surface area is 395 Å². The number of benzene rings is 10. The Balaban J connectivity index is 1.13. The van der Waals surface area contributed by atoms with Crippen LogP contribution in [0.3, 0.4) is 0 Å². The second-order valence-electron chi connectivity index (χ2n) is 18.8. The molecule has 0 spiro atoms. The number of aryl methyl sites for hydroxylation is 4. The van der Waals surface area contributed by atoms with Crippen LogP contribution in [0.2, 0.25) is 0 Å². The van der Waals surface area contributed by atoms with Gasteiger partial charge in [-0.3, -0.25) is 0 Å². The van der Waals surface area contributed by atoms with Gasteiger partial charge >= 0.3 is 0 Å². The summed E-state index contributed by atoms with van der Waals surface area (Å²) in [6, 6.07) is 89.3. The molecule has 0 N–H and O–H groups in total. The van der Waals surface area contributed by atoms with E-state index in [0.29, 0.717) is 0 Å². The van der Waals surface area contributed by atoms with Gasteiger partial charge in [-0.25, -0.2) is 0 Å². The summed E-state index contributed by atoms with van der Waals surface area (Å²) in [6.45, 7) is 8.72. The highest BCUT2D eigenvalue weighted by Crippen LogP contribution is 2.59. The molecule has 0 amide bonds. The van der Waals surface area contributed by atoms with Crippen LogP contribution >= 0.6 is 0 Å². The average molecular weight is 858 g/mol. The van der Waals surface area contributed by atoms with Gasteiger partial charge in [0.2, 0.25) is 0 Å².